The molecule has 0 aromatic carbocycles. The van der Waals surface area contributed by atoms with Crippen LogP contribution in [0.25, 0.3) is 0 Å². The third-order valence-corrected chi connectivity index (χ3v) is 3.95. The molecule has 18 heavy (non-hydrogen) atoms. The molecule has 0 saturated heterocycles. The zero-order valence-corrected chi connectivity index (χ0v) is 11.4. The largest absolute Gasteiger partial charge is 0.348 e. The van der Waals surface area contributed by atoms with Gasteiger partial charge in [-0.3, -0.25) is 9.78 Å². The van der Waals surface area contributed by atoms with Gasteiger partial charge in [-0.25, -0.2) is 4.98 Å². The van der Waals surface area contributed by atoms with E-state index in [1.54, 1.807) is 0 Å². The fourth-order valence-electron chi connectivity index (χ4n) is 2.39. The summed E-state index contributed by atoms with van der Waals surface area (Å²) in [5.74, 6) is 1.20. The Morgan fingerprint density at radius 3 is 2.78 bits per heavy atom. The summed E-state index contributed by atoms with van der Waals surface area (Å²) in [6.45, 7) is 4.51. The predicted molar refractivity (Wildman–Crippen MR) is 70.5 cm³/mol. The Kier molecular flexibility index (Phi) is 4.17. The minimum atomic E-state index is -0.184. The van der Waals surface area contributed by atoms with Gasteiger partial charge in [0.15, 0.2) is 0 Å². The van der Waals surface area contributed by atoms with Crippen LogP contribution in [-0.4, -0.2) is 21.9 Å². The number of aromatic nitrogens is 2. The number of carbonyl (C=O) groups excluding carboxylic acids is 1. The monoisotopic (exact) mass is 267 g/mol. The van der Waals surface area contributed by atoms with Crippen LogP contribution in [0.1, 0.15) is 43.6 Å². The number of amides is 1. The molecule has 3 unspecified atom stereocenters. The van der Waals surface area contributed by atoms with Gasteiger partial charge in [0.05, 0.1) is 12.4 Å². The molecule has 2 rings (SSSR count). The van der Waals surface area contributed by atoms with E-state index >= 15 is 0 Å². The second kappa shape index (κ2) is 5.65. The SMILES string of the molecule is CC1CCC(NC(=O)c2cncc(Cl)n2)CC1C. The maximum atomic E-state index is 12.0. The predicted octanol–water partition coefficient (Wildman–Crippen LogP) is 2.68. The first-order valence-electron chi connectivity index (χ1n) is 6.34. The van der Waals surface area contributed by atoms with Crippen LogP contribution in [0.15, 0.2) is 12.4 Å². The van der Waals surface area contributed by atoms with Gasteiger partial charge in [0.1, 0.15) is 10.8 Å². The van der Waals surface area contributed by atoms with Gasteiger partial charge in [0.2, 0.25) is 0 Å². The van der Waals surface area contributed by atoms with E-state index in [0.717, 1.165) is 25.2 Å². The summed E-state index contributed by atoms with van der Waals surface area (Å²) in [7, 11) is 0. The molecule has 1 heterocycles. The van der Waals surface area contributed by atoms with Gasteiger partial charge in [0.25, 0.3) is 5.91 Å². The Bertz CT molecular complexity index is 438. The van der Waals surface area contributed by atoms with Crippen molar-refractivity contribution in [3.63, 3.8) is 0 Å². The van der Waals surface area contributed by atoms with Crippen molar-refractivity contribution in [2.75, 3.05) is 0 Å². The summed E-state index contributed by atoms with van der Waals surface area (Å²) in [5, 5.41) is 3.26. The molecule has 0 bridgehead atoms. The smallest absolute Gasteiger partial charge is 0.271 e. The van der Waals surface area contributed by atoms with Gasteiger partial charge in [0, 0.05) is 6.04 Å². The number of hydrogen-bond donors (Lipinski definition) is 1. The first kappa shape index (κ1) is 13.3. The molecule has 1 aliphatic rings. The maximum Gasteiger partial charge on any atom is 0.271 e. The van der Waals surface area contributed by atoms with Gasteiger partial charge in [-0.2, -0.15) is 0 Å². The van der Waals surface area contributed by atoms with E-state index in [4.69, 9.17) is 11.6 Å². The summed E-state index contributed by atoms with van der Waals surface area (Å²) in [6, 6.07) is 0.240. The number of carbonyl (C=O) groups is 1. The fraction of sp³-hybridized carbons (Fsp3) is 0.615. The molecule has 1 saturated carbocycles. The van der Waals surface area contributed by atoms with Crippen LogP contribution in [0.3, 0.4) is 0 Å². The van der Waals surface area contributed by atoms with Crippen molar-refractivity contribution in [1.82, 2.24) is 15.3 Å². The van der Waals surface area contributed by atoms with Crippen LogP contribution in [0.4, 0.5) is 0 Å². The molecule has 3 atom stereocenters. The Morgan fingerprint density at radius 2 is 2.11 bits per heavy atom. The number of nitrogens with zero attached hydrogens (tertiary/aromatic N) is 2. The summed E-state index contributed by atoms with van der Waals surface area (Å²) in [6.07, 6.45) is 6.08. The molecule has 0 radical (unpaired) electrons. The van der Waals surface area contributed by atoms with Crippen molar-refractivity contribution in [3.8, 4) is 0 Å². The van der Waals surface area contributed by atoms with Crippen molar-refractivity contribution >= 4 is 17.5 Å². The normalized spacial score (nSPS) is 27.8. The topological polar surface area (TPSA) is 54.9 Å². The highest BCUT2D eigenvalue weighted by molar-refractivity contribution is 6.29. The van der Waals surface area contributed by atoms with E-state index in [0.29, 0.717) is 5.92 Å². The van der Waals surface area contributed by atoms with Crippen molar-refractivity contribution < 1.29 is 4.79 Å². The molecule has 1 aliphatic carbocycles. The molecule has 1 aromatic heterocycles. The van der Waals surface area contributed by atoms with E-state index in [9.17, 15) is 4.79 Å². The van der Waals surface area contributed by atoms with E-state index in [1.165, 1.54) is 12.4 Å². The van der Waals surface area contributed by atoms with Crippen molar-refractivity contribution in [3.05, 3.63) is 23.2 Å². The van der Waals surface area contributed by atoms with Gasteiger partial charge in [-0.15, -0.1) is 0 Å². The van der Waals surface area contributed by atoms with Crippen LogP contribution in [-0.2, 0) is 0 Å². The Hall–Kier alpha value is -1.16. The molecule has 0 aliphatic heterocycles. The van der Waals surface area contributed by atoms with Crippen LogP contribution in [0.5, 0.6) is 0 Å². The lowest BCUT2D eigenvalue weighted by atomic mass is 9.79. The molecule has 1 N–H and O–H groups in total. The van der Waals surface area contributed by atoms with Crippen molar-refractivity contribution in [1.29, 1.82) is 0 Å². The molecule has 98 valence electrons. The highest BCUT2D eigenvalue weighted by atomic mass is 35.5. The maximum absolute atomic E-state index is 12.0. The Labute approximate surface area is 112 Å². The molecule has 5 heteroatoms. The van der Waals surface area contributed by atoms with E-state index in [1.807, 2.05) is 0 Å². The summed E-state index contributed by atoms with van der Waals surface area (Å²) in [4.78, 5) is 19.8. The number of halogens is 1. The summed E-state index contributed by atoms with van der Waals surface area (Å²) >= 11 is 5.72. The van der Waals surface area contributed by atoms with Gasteiger partial charge < -0.3 is 5.32 Å². The minimum absolute atomic E-state index is 0.184. The van der Waals surface area contributed by atoms with Crippen LogP contribution in [0.2, 0.25) is 5.15 Å². The van der Waals surface area contributed by atoms with Gasteiger partial charge in [-0.05, 0) is 31.1 Å². The van der Waals surface area contributed by atoms with E-state index < -0.39 is 0 Å². The lowest BCUT2D eigenvalue weighted by Gasteiger charge is -2.32. The van der Waals surface area contributed by atoms with Crippen LogP contribution < -0.4 is 5.32 Å². The van der Waals surface area contributed by atoms with E-state index in [-0.39, 0.29) is 22.8 Å². The second-order valence-electron chi connectivity index (χ2n) is 5.17. The highest BCUT2D eigenvalue weighted by Crippen LogP contribution is 2.29. The average Bonchev–Trinajstić information content (AvgIpc) is 2.34. The lowest BCUT2D eigenvalue weighted by molar-refractivity contribution is 0.0905. The average molecular weight is 268 g/mol. The van der Waals surface area contributed by atoms with Crippen LogP contribution >= 0.6 is 11.6 Å². The number of nitrogens with one attached hydrogen (secondary N) is 1. The number of hydrogen-bond acceptors (Lipinski definition) is 3. The number of rotatable bonds is 2. The highest BCUT2D eigenvalue weighted by Gasteiger charge is 2.26. The molecular weight excluding hydrogens is 250 g/mol. The molecule has 1 amide bonds. The first-order valence-corrected chi connectivity index (χ1v) is 6.72. The van der Waals surface area contributed by atoms with Gasteiger partial charge in [-0.1, -0.05) is 25.4 Å². The quantitative estimate of drug-likeness (QED) is 0.896. The zero-order valence-electron chi connectivity index (χ0n) is 10.7. The zero-order chi connectivity index (χ0) is 13.1. The molecule has 0 spiro atoms. The fourth-order valence-corrected chi connectivity index (χ4v) is 2.54. The standard InChI is InChI=1S/C13H18ClN3O/c1-8-3-4-10(5-9(8)2)16-13(18)11-6-15-7-12(14)17-11/h6-10H,3-5H2,1-2H3,(H,16,18). The summed E-state index contributed by atoms with van der Waals surface area (Å²) in [5.41, 5.74) is 0.286. The third-order valence-electron chi connectivity index (χ3n) is 3.77. The van der Waals surface area contributed by atoms with Crippen molar-refractivity contribution in [2.45, 2.75) is 39.2 Å². The minimum Gasteiger partial charge on any atom is -0.348 e. The lowest BCUT2D eigenvalue weighted by Crippen LogP contribution is -2.40. The molecule has 1 aromatic rings. The van der Waals surface area contributed by atoms with E-state index in [2.05, 4.69) is 29.1 Å². The van der Waals surface area contributed by atoms with Crippen molar-refractivity contribution in [2.24, 2.45) is 11.8 Å². The summed E-state index contributed by atoms with van der Waals surface area (Å²) < 4.78 is 0. The Morgan fingerprint density at radius 1 is 1.33 bits per heavy atom. The Balaban J connectivity index is 1.96. The molecule has 1 fully saturated rings. The molecular formula is C13H18ClN3O. The molecule has 4 nitrogen and oxygen atoms in total. The second-order valence-corrected chi connectivity index (χ2v) is 5.55. The third kappa shape index (κ3) is 3.19. The first-order chi connectivity index (χ1) is 8.56. The van der Waals surface area contributed by atoms with Crippen LogP contribution in [0, 0.1) is 11.8 Å². The van der Waals surface area contributed by atoms with Gasteiger partial charge >= 0.3 is 0 Å².